The molecule has 0 amide bonds. The van der Waals surface area contributed by atoms with Gasteiger partial charge in [-0.1, -0.05) is 0 Å². The fraction of sp³-hybridized carbons (Fsp3) is 0.571. The molecule has 0 saturated heterocycles. The molecule has 0 N–H and O–H groups in total. The lowest BCUT2D eigenvalue weighted by atomic mass is 10.5. The van der Waals surface area contributed by atoms with Gasteiger partial charge in [0, 0.05) is 24.0 Å². The Morgan fingerprint density at radius 1 is 1.64 bits per heavy atom. The van der Waals surface area contributed by atoms with Crippen LogP contribution in [0, 0.1) is 0 Å². The van der Waals surface area contributed by atoms with E-state index in [4.69, 9.17) is 15.4 Å². The van der Waals surface area contributed by atoms with E-state index in [1.54, 1.807) is 17.9 Å². The molecule has 0 aliphatic rings. The van der Waals surface area contributed by atoms with Gasteiger partial charge in [0.25, 0.3) is 0 Å². The van der Waals surface area contributed by atoms with Gasteiger partial charge in [0.15, 0.2) is 0 Å². The largest absolute Gasteiger partial charge is 0.383 e. The summed E-state index contributed by atoms with van der Waals surface area (Å²) in [6.07, 6.45) is 1.53. The number of nitrogens with zero attached hydrogens (tertiary/aromatic N) is 2. The van der Waals surface area contributed by atoms with Gasteiger partial charge in [0.2, 0.25) is 9.05 Å². The molecule has 5 nitrogen and oxygen atoms in total. The molecule has 0 radical (unpaired) electrons. The average molecular weight is 239 g/mol. The summed E-state index contributed by atoms with van der Waals surface area (Å²) in [5.41, 5.74) is 0.567. The van der Waals surface area contributed by atoms with Crippen molar-refractivity contribution in [2.24, 2.45) is 0 Å². The first-order chi connectivity index (χ1) is 6.53. The van der Waals surface area contributed by atoms with E-state index in [0.717, 1.165) is 0 Å². The van der Waals surface area contributed by atoms with Crippen molar-refractivity contribution in [2.45, 2.75) is 12.3 Å². The number of aromatic nitrogens is 2. The van der Waals surface area contributed by atoms with Crippen molar-refractivity contribution < 1.29 is 13.2 Å². The maximum atomic E-state index is 10.8. The lowest BCUT2D eigenvalue weighted by Gasteiger charge is -2.04. The normalized spacial score (nSPS) is 11.9. The minimum atomic E-state index is -3.52. The molecule has 1 heterocycles. The summed E-state index contributed by atoms with van der Waals surface area (Å²) in [6, 6.07) is 1.62. The highest BCUT2D eigenvalue weighted by molar-refractivity contribution is 8.13. The fourth-order valence-electron chi connectivity index (χ4n) is 1.04. The first-order valence-corrected chi connectivity index (χ1v) is 6.43. The fourth-order valence-corrected chi connectivity index (χ4v) is 1.97. The van der Waals surface area contributed by atoms with Gasteiger partial charge >= 0.3 is 0 Å². The second-order valence-corrected chi connectivity index (χ2v) is 5.50. The minimum absolute atomic E-state index is 0.210. The van der Waals surface area contributed by atoms with Crippen LogP contribution in [0.15, 0.2) is 12.3 Å². The molecule has 0 fully saturated rings. The van der Waals surface area contributed by atoms with Crippen molar-refractivity contribution in [2.75, 3.05) is 13.7 Å². The topological polar surface area (TPSA) is 61.2 Å². The number of rotatable bonds is 5. The van der Waals surface area contributed by atoms with Crippen molar-refractivity contribution in [3.8, 4) is 0 Å². The van der Waals surface area contributed by atoms with Crippen LogP contribution in [0.25, 0.3) is 0 Å². The van der Waals surface area contributed by atoms with Crippen molar-refractivity contribution in [3.05, 3.63) is 18.0 Å². The Hall–Kier alpha value is -0.590. The molecule has 0 unspecified atom stereocenters. The van der Waals surface area contributed by atoms with Crippen LogP contribution in [0.2, 0.25) is 0 Å². The predicted molar refractivity (Wildman–Crippen MR) is 52.6 cm³/mol. The SMILES string of the molecule is COCCn1nccc1CS(=O)(=O)Cl. The summed E-state index contributed by atoms with van der Waals surface area (Å²) in [5, 5.41) is 3.95. The average Bonchev–Trinajstić information content (AvgIpc) is 2.45. The Kier molecular flexibility index (Phi) is 3.91. The third-order valence-electron chi connectivity index (χ3n) is 1.63. The molecule has 0 aromatic carbocycles. The second kappa shape index (κ2) is 4.77. The van der Waals surface area contributed by atoms with E-state index in [1.165, 1.54) is 6.20 Å². The smallest absolute Gasteiger partial charge is 0.238 e. The van der Waals surface area contributed by atoms with Crippen molar-refractivity contribution >= 4 is 19.7 Å². The Morgan fingerprint density at radius 3 is 2.93 bits per heavy atom. The Balaban J connectivity index is 2.72. The zero-order valence-corrected chi connectivity index (χ0v) is 9.25. The Labute approximate surface area is 87.0 Å². The van der Waals surface area contributed by atoms with Crippen LogP contribution in [0.1, 0.15) is 5.69 Å². The Morgan fingerprint density at radius 2 is 2.36 bits per heavy atom. The number of hydrogen-bond acceptors (Lipinski definition) is 4. The summed E-state index contributed by atoms with van der Waals surface area (Å²) in [6.45, 7) is 1.00. The molecule has 0 aliphatic heterocycles. The summed E-state index contributed by atoms with van der Waals surface area (Å²) in [5.74, 6) is -0.210. The molecule has 0 spiro atoms. The van der Waals surface area contributed by atoms with Gasteiger partial charge in [0.05, 0.1) is 18.8 Å². The van der Waals surface area contributed by atoms with E-state index in [0.29, 0.717) is 18.8 Å². The van der Waals surface area contributed by atoms with Gasteiger partial charge in [-0.2, -0.15) is 5.10 Å². The van der Waals surface area contributed by atoms with Crippen LogP contribution in [-0.2, 0) is 26.1 Å². The van der Waals surface area contributed by atoms with Gasteiger partial charge < -0.3 is 4.74 Å². The first kappa shape index (κ1) is 11.5. The number of methoxy groups -OCH3 is 1. The lowest BCUT2D eigenvalue weighted by Crippen LogP contribution is -2.11. The van der Waals surface area contributed by atoms with Gasteiger partial charge in [0.1, 0.15) is 5.75 Å². The molecular weight excluding hydrogens is 228 g/mol. The van der Waals surface area contributed by atoms with E-state index >= 15 is 0 Å². The van der Waals surface area contributed by atoms with Crippen molar-refractivity contribution in [1.82, 2.24) is 9.78 Å². The molecule has 0 atom stereocenters. The lowest BCUT2D eigenvalue weighted by molar-refractivity contribution is 0.182. The summed E-state index contributed by atoms with van der Waals surface area (Å²) in [7, 11) is 3.18. The number of hydrogen-bond donors (Lipinski definition) is 0. The van der Waals surface area contributed by atoms with Crippen LogP contribution in [-0.4, -0.2) is 31.9 Å². The third kappa shape index (κ3) is 3.65. The maximum Gasteiger partial charge on any atom is 0.238 e. The maximum absolute atomic E-state index is 10.8. The molecule has 0 bridgehead atoms. The predicted octanol–water partition coefficient (Wildman–Crippen LogP) is 0.598. The molecular formula is C7H11ClN2O3S. The zero-order chi connectivity index (χ0) is 10.6. The number of ether oxygens (including phenoxy) is 1. The van der Waals surface area contributed by atoms with Crippen LogP contribution in [0.5, 0.6) is 0 Å². The molecule has 14 heavy (non-hydrogen) atoms. The minimum Gasteiger partial charge on any atom is -0.383 e. The van der Waals surface area contributed by atoms with E-state index in [9.17, 15) is 8.42 Å². The number of halogens is 1. The molecule has 0 saturated carbocycles. The zero-order valence-electron chi connectivity index (χ0n) is 7.68. The van der Waals surface area contributed by atoms with Crippen molar-refractivity contribution in [1.29, 1.82) is 0 Å². The Bertz CT molecular complexity index is 387. The van der Waals surface area contributed by atoms with Gasteiger partial charge in [-0.3, -0.25) is 4.68 Å². The standard InChI is InChI=1S/C7H11ClN2O3S/c1-13-5-4-10-7(2-3-9-10)6-14(8,11)12/h2-3H,4-6H2,1H3. The van der Waals surface area contributed by atoms with Gasteiger partial charge in [-0.25, -0.2) is 8.42 Å². The van der Waals surface area contributed by atoms with Gasteiger partial charge in [-0.05, 0) is 6.07 Å². The van der Waals surface area contributed by atoms with E-state index < -0.39 is 9.05 Å². The highest BCUT2D eigenvalue weighted by Crippen LogP contribution is 2.08. The van der Waals surface area contributed by atoms with E-state index in [1.807, 2.05) is 0 Å². The van der Waals surface area contributed by atoms with Crippen LogP contribution < -0.4 is 0 Å². The quantitative estimate of drug-likeness (QED) is 0.705. The summed E-state index contributed by atoms with van der Waals surface area (Å²) >= 11 is 0. The second-order valence-electron chi connectivity index (χ2n) is 2.72. The van der Waals surface area contributed by atoms with E-state index in [-0.39, 0.29) is 5.75 Å². The highest BCUT2D eigenvalue weighted by Gasteiger charge is 2.11. The highest BCUT2D eigenvalue weighted by atomic mass is 35.7. The first-order valence-electron chi connectivity index (χ1n) is 3.95. The summed E-state index contributed by atoms with van der Waals surface area (Å²) in [4.78, 5) is 0. The van der Waals surface area contributed by atoms with E-state index in [2.05, 4.69) is 5.10 Å². The molecule has 7 heteroatoms. The van der Waals surface area contributed by atoms with Crippen molar-refractivity contribution in [3.63, 3.8) is 0 Å². The van der Waals surface area contributed by atoms with Crippen LogP contribution in [0.4, 0.5) is 0 Å². The molecule has 80 valence electrons. The van der Waals surface area contributed by atoms with Crippen LogP contribution >= 0.6 is 10.7 Å². The van der Waals surface area contributed by atoms with Gasteiger partial charge in [-0.15, -0.1) is 0 Å². The molecule has 1 aromatic heterocycles. The third-order valence-corrected chi connectivity index (χ3v) is 2.60. The molecule has 1 rings (SSSR count). The monoisotopic (exact) mass is 238 g/mol. The molecule has 0 aliphatic carbocycles. The van der Waals surface area contributed by atoms with Crippen LogP contribution in [0.3, 0.4) is 0 Å². The molecule has 1 aromatic rings. The summed E-state index contributed by atoms with van der Waals surface area (Å²) < 4.78 is 28.1.